The second-order valence-corrected chi connectivity index (χ2v) is 6.68. The Labute approximate surface area is 163 Å². The Morgan fingerprint density at radius 1 is 1.27 bits per heavy atom. The molecule has 26 heavy (non-hydrogen) atoms. The van der Waals surface area contributed by atoms with Gasteiger partial charge in [-0.3, -0.25) is 4.79 Å². The van der Waals surface area contributed by atoms with Crippen molar-refractivity contribution >= 4 is 29.5 Å². The van der Waals surface area contributed by atoms with E-state index in [2.05, 4.69) is 22.4 Å². The summed E-state index contributed by atoms with van der Waals surface area (Å²) in [4.78, 5) is 16.3. The average Bonchev–Trinajstić information content (AvgIpc) is 2.65. The van der Waals surface area contributed by atoms with E-state index >= 15 is 0 Å². The molecule has 1 unspecified atom stereocenters. The smallest absolute Gasteiger partial charge is 0.209 e. The van der Waals surface area contributed by atoms with Crippen molar-refractivity contribution in [3.05, 3.63) is 24.3 Å². The van der Waals surface area contributed by atoms with Crippen molar-refractivity contribution in [3.63, 3.8) is 0 Å². The molecule has 1 amide bonds. The van der Waals surface area contributed by atoms with E-state index in [4.69, 9.17) is 9.47 Å². The van der Waals surface area contributed by atoms with Crippen LogP contribution in [0.2, 0.25) is 0 Å². The topological polar surface area (TPSA) is 51.1 Å². The monoisotopic (exact) mass is 380 g/mol. The van der Waals surface area contributed by atoms with E-state index in [0.29, 0.717) is 6.54 Å². The van der Waals surface area contributed by atoms with E-state index in [1.54, 1.807) is 12.0 Å². The summed E-state index contributed by atoms with van der Waals surface area (Å²) in [6.07, 6.45) is 2.91. The average molecular weight is 381 g/mol. The number of methoxy groups -OCH3 is 1. The zero-order valence-electron chi connectivity index (χ0n) is 16.8. The summed E-state index contributed by atoms with van der Waals surface area (Å²) in [5, 5.41) is 2.32. The van der Waals surface area contributed by atoms with E-state index in [-0.39, 0.29) is 11.7 Å². The first-order chi connectivity index (χ1) is 12.4. The quantitative estimate of drug-likeness (QED) is 0.424. The van der Waals surface area contributed by atoms with E-state index < -0.39 is 0 Å². The Balaban J connectivity index is 0.000000667. The van der Waals surface area contributed by atoms with Crippen LogP contribution in [0.1, 0.15) is 47.5 Å². The molecule has 1 aliphatic rings. The summed E-state index contributed by atoms with van der Waals surface area (Å²) in [5.41, 5.74) is 0.801. The molecule has 0 aromatic heterocycles. The fourth-order valence-corrected chi connectivity index (χ4v) is 2.11. The lowest BCUT2D eigenvalue weighted by molar-refractivity contribution is -0.120. The van der Waals surface area contributed by atoms with E-state index in [1.807, 2.05) is 58.9 Å². The molecule has 1 saturated heterocycles. The van der Waals surface area contributed by atoms with Gasteiger partial charge in [-0.15, -0.1) is 0 Å². The van der Waals surface area contributed by atoms with Gasteiger partial charge in [0.15, 0.2) is 0 Å². The number of carbonyl (C=O) groups excluding carboxylic acids is 1. The van der Waals surface area contributed by atoms with Gasteiger partial charge in [-0.25, -0.2) is 0 Å². The second kappa shape index (κ2) is 13.5. The number of likely N-dealkylation sites (tertiary alicyclic amines) is 1. The molecule has 0 spiro atoms. The Hall–Kier alpha value is -1.75. The van der Waals surface area contributed by atoms with Crippen LogP contribution in [0.5, 0.6) is 5.75 Å². The van der Waals surface area contributed by atoms with Crippen LogP contribution in [0, 0.1) is 0 Å². The van der Waals surface area contributed by atoms with Crippen molar-refractivity contribution in [1.29, 1.82) is 0 Å². The molecule has 0 bridgehead atoms. The third kappa shape index (κ3) is 11.0. The highest BCUT2D eigenvalue weighted by Gasteiger charge is 2.19. The molecule has 1 heterocycles. The number of nitrogens with zero attached hydrogens (tertiary/aromatic N) is 2. The number of hydrogen-bond donors (Lipinski definition) is 0. The summed E-state index contributed by atoms with van der Waals surface area (Å²) in [6, 6.07) is 7.36. The minimum Gasteiger partial charge on any atom is -0.489 e. The van der Waals surface area contributed by atoms with Crippen molar-refractivity contribution < 1.29 is 14.3 Å². The SMILES string of the molecule is CC.COC(C)(C)C.O=CN1CCCC(Oc2ccc(N=C=S)cc2)C1. The highest BCUT2D eigenvalue weighted by molar-refractivity contribution is 7.78. The van der Waals surface area contributed by atoms with Gasteiger partial charge in [-0.1, -0.05) is 13.8 Å². The number of aliphatic imine (C=N–C) groups is 1. The maximum Gasteiger partial charge on any atom is 0.209 e. The fourth-order valence-electron chi connectivity index (χ4n) is 2.00. The molecule has 0 N–H and O–H groups in total. The zero-order valence-corrected chi connectivity index (χ0v) is 17.6. The van der Waals surface area contributed by atoms with Crippen LogP contribution in [0.3, 0.4) is 0 Å². The van der Waals surface area contributed by atoms with Gasteiger partial charge in [0.25, 0.3) is 0 Å². The summed E-state index contributed by atoms with van der Waals surface area (Å²) < 4.78 is 10.8. The molecule has 2 rings (SSSR count). The Morgan fingerprint density at radius 2 is 1.85 bits per heavy atom. The van der Waals surface area contributed by atoms with Gasteiger partial charge in [0.05, 0.1) is 23.0 Å². The molecule has 1 fully saturated rings. The van der Waals surface area contributed by atoms with E-state index in [1.165, 1.54) is 0 Å². The normalized spacial score (nSPS) is 16.1. The lowest BCUT2D eigenvalue weighted by Crippen LogP contribution is -2.40. The van der Waals surface area contributed by atoms with Crippen LogP contribution in [-0.2, 0) is 9.53 Å². The van der Waals surface area contributed by atoms with Gasteiger partial charge < -0.3 is 14.4 Å². The highest BCUT2D eigenvalue weighted by atomic mass is 32.1. The Morgan fingerprint density at radius 3 is 2.31 bits per heavy atom. The Kier molecular flexibility index (Phi) is 12.5. The third-order valence-electron chi connectivity index (χ3n) is 3.49. The molecule has 6 heteroatoms. The van der Waals surface area contributed by atoms with Gasteiger partial charge >= 0.3 is 0 Å². The van der Waals surface area contributed by atoms with Gasteiger partial charge in [-0.05, 0) is 70.1 Å². The molecule has 1 atom stereocenters. The molecular formula is C20H32N2O3S. The number of rotatable bonds is 4. The molecule has 5 nitrogen and oxygen atoms in total. The number of thiocarbonyl (C=S) groups is 1. The molecule has 146 valence electrons. The molecule has 0 radical (unpaired) electrons. The molecule has 1 aliphatic heterocycles. The molecule has 0 aliphatic carbocycles. The minimum absolute atomic E-state index is 0.0417. The van der Waals surface area contributed by atoms with Crippen LogP contribution in [-0.4, -0.2) is 48.4 Å². The predicted octanol–water partition coefficient (Wildman–Crippen LogP) is 4.88. The maximum atomic E-state index is 10.7. The summed E-state index contributed by atoms with van der Waals surface area (Å²) in [6.45, 7) is 11.5. The molecular weight excluding hydrogens is 348 g/mol. The Bertz CT molecular complexity index is 549. The largest absolute Gasteiger partial charge is 0.489 e. The number of ether oxygens (including phenoxy) is 2. The minimum atomic E-state index is 0.0417. The second-order valence-electron chi connectivity index (χ2n) is 6.50. The van der Waals surface area contributed by atoms with E-state index in [9.17, 15) is 4.79 Å². The summed E-state index contributed by atoms with van der Waals surface area (Å²) >= 11 is 4.54. The lowest BCUT2D eigenvalue weighted by Gasteiger charge is -2.30. The first-order valence-corrected chi connectivity index (χ1v) is 9.38. The van der Waals surface area contributed by atoms with Gasteiger partial charge in [0.2, 0.25) is 6.41 Å². The van der Waals surface area contributed by atoms with E-state index in [0.717, 1.165) is 37.2 Å². The van der Waals surface area contributed by atoms with Gasteiger partial charge in [0, 0.05) is 13.7 Å². The first-order valence-electron chi connectivity index (χ1n) is 8.97. The predicted molar refractivity (Wildman–Crippen MR) is 111 cm³/mol. The van der Waals surface area contributed by atoms with Crippen molar-refractivity contribution in [2.75, 3.05) is 20.2 Å². The number of hydrogen-bond acceptors (Lipinski definition) is 5. The highest BCUT2D eigenvalue weighted by Crippen LogP contribution is 2.21. The van der Waals surface area contributed by atoms with Crippen LogP contribution >= 0.6 is 12.2 Å². The van der Waals surface area contributed by atoms with Crippen LogP contribution in [0.4, 0.5) is 5.69 Å². The third-order valence-corrected chi connectivity index (χ3v) is 3.58. The molecule has 1 aromatic rings. The number of benzene rings is 1. The molecule has 1 aromatic carbocycles. The number of carbonyl (C=O) groups is 1. The fraction of sp³-hybridized carbons (Fsp3) is 0.600. The summed E-state index contributed by atoms with van der Waals surface area (Å²) in [7, 11) is 1.71. The number of isothiocyanates is 1. The standard InChI is InChI=1S/C13H14N2O2S.C5H12O.C2H6/c16-10-15-7-1-2-13(8-15)17-12-5-3-11(4-6-12)14-9-18;1-5(2,3)6-4;1-2/h3-6,10,13H,1-2,7-8H2;1-4H3;1-2H3. The first kappa shape index (κ1) is 24.2. The van der Waals surface area contributed by atoms with Crippen molar-refractivity contribution in [1.82, 2.24) is 4.90 Å². The van der Waals surface area contributed by atoms with Crippen molar-refractivity contribution in [3.8, 4) is 5.75 Å². The van der Waals surface area contributed by atoms with Crippen LogP contribution in [0.15, 0.2) is 29.3 Å². The number of amides is 1. The molecule has 0 saturated carbocycles. The number of piperidine rings is 1. The van der Waals surface area contributed by atoms with Gasteiger partial charge in [0.1, 0.15) is 11.9 Å². The maximum absolute atomic E-state index is 10.7. The summed E-state index contributed by atoms with van der Waals surface area (Å²) in [5.74, 6) is 0.788. The van der Waals surface area contributed by atoms with Crippen molar-refractivity contribution in [2.45, 2.75) is 59.2 Å². The van der Waals surface area contributed by atoms with Crippen LogP contribution < -0.4 is 4.74 Å². The zero-order chi connectivity index (χ0) is 20.0. The van der Waals surface area contributed by atoms with Crippen LogP contribution in [0.25, 0.3) is 0 Å². The van der Waals surface area contributed by atoms with Gasteiger partial charge in [-0.2, -0.15) is 4.99 Å². The van der Waals surface area contributed by atoms with Crippen molar-refractivity contribution in [2.24, 2.45) is 4.99 Å². The lowest BCUT2D eigenvalue weighted by atomic mass is 10.1.